The summed E-state index contributed by atoms with van der Waals surface area (Å²) in [5.74, 6) is 0.854. The average molecular weight is 276 g/mol. The van der Waals surface area contributed by atoms with Gasteiger partial charge in [0.15, 0.2) is 0 Å². The van der Waals surface area contributed by atoms with E-state index >= 15 is 0 Å². The molecule has 0 unspecified atom stereocenters. The molecule has 0 aliphatic heterocycles. The molecule has 0 aliphatic carbocycles. The molecular formula is C18H32N2. The van der Waals surface area contributed by atoms with Gasteiger partial charge >= 0.3 is 0 Å². The van der Waals surface area contributed by atoms with Crippen LogP contribution >= 0.6 is 0 Å². The van der Waals surface area contributed by atoms with Gasteiger partial charge in [0, 0.05) is 6.54 Å². The Morgan fingerprint density at radius 3 is 2.40 bits per heavy atom. The number of nitrogens with two attached hydrogens (primary N) is 1. The quantitative estimate of drug-likeness (QED) is 0.602. The molecule has 0 spiro atoms. The zero-order valence-corrected chi connectivity index (χ0v) is 13.3. The van der Waals surface area contributed by atoms with Crippen molar-refractivity contribution in [2.24, 2.45) is 11.7 Å². The first kappa shape index (κ1) is 17.2. The van der Waals surface area contributed by atoms with Gasteiger partial charge in [-0.2, -0.15) is 0 Å². The number of nitrogens with one attached hydrogen (secondary N) is 1. The topological polar surface area (TPSA) is 38.0 Å². The molecule has 1 rings (SSSR count). The molecule has 20 heavy (non-hydrogen) atoms. The first-order chi connectivity index (χ1) is 9.74. The van der Waals surface area contributed by atoms with Gasteiger partial charge in [0.25, 0.3) is 0 Å². The number of benzene rings is 1. The van der Waals surface area contributed by atoms with Crippen molar-refractivity contribution >= 4 is 0 Å². The van der Waals surface area contributed by atoms with E-state index in [0.717, 1.165) is 32.0 Å². The molecule has 2 nitrogen and oxygen atoms in total. The number of rotatable bonds is 11. The summed E-state index contributed by atoms with van der Waals surface area (Å²) < 4.78 is 0. The molecule has 0 fully saturated rings. The Kier molecular flexibility index (Phi) is 9.35. The normalized spacial score (nSPS) is 11.2. The Morgan fingerprint density at radius 2 is 1.70 bits per heavy atom. The molecule has 0 aliphatic rings. The van der Waals surface area contributed by atoms with Crippen LogP contribution in [0.5, 0.6) is 0 Å². The highest BCUT2D eigenvalue weighted by atomic mass is 14.8. The Balaban J connectivity index is 2.09. The smallest absolute Gasteiger partial charge is 0.0208 e. The highest BCUT2D eigenvalue weighted by Gasteiger charge is 2.00. The van der Waals surface area contributed by atoms with E-state index in [1.54, 1.807) is 0 Å². The molecule has 114 valence electrons. The third-order valence-electron chi connectivity index (χ3n) is 3.73. The maximum atomic E-state index is 5.65. The number of unbranched alkanes of at least 4 members (excludes halogenated alkanes) is 3. The third-order valence-corrected chi connectivity index (χ3v) is 3.73. The Bertz CT molecular complexity index is 347. The Labute approximate surface area is 125 Å². The lowest BCUT2D eigenvalue weighted by Crippen LogP contribution is -2.16. The molecule has 1 aromatic carbocycles. The summed E-state index contributed by atoms with van der Waals surface area (Å²) in [7, 11) is 0. The Morgan fingerprint density at radius 1 is 1.00 bits per heavy atom. The molecule has 3 N–H and O–H groups in total. The summed E-state index contributed by atoms with van der Waals surface area (Å²) in [6.07, 6.45) is 7.76. The van der Waals surface area contributed by atoms with Gasteiger partial charge in [0.1, 0.15) is 0 Å². The minimum absolute atomic E-state index is 0.729. The highest BCUT2D eigenvalue weighted by molar-refractivity contribution is 5.27. The molecule has 0 saturated carbocycles. The van der Waals surface area contributed by atoms with Crippen LogP contribution < -0.4 is 11.1 Å². The van der Waals surface area contributed by atoms with Gasteiger partial charge in [-0.3, -0.25) is 0 Å². The third kappa shape index (κ3) is 7.66. The second kappa shape index (κ2) is 10.9. The molecule has 2 heteroatoms. The standard InChI is InChI=1S/C18H32N2/c1-16(2)9-5-3-4-8-14-20-15-18-11-7-6-10-17(18)12-13-19/h6-7,10-11,16,20H,3-5,8-9,12-15,19H2,1-2H3. The lowest BCUT2D eigenvalue weighted by atomic mass is 10.0. The van der Waals surface area contributed by atoms with Crippen LogP contribution in [0, 0.1) is 5.92 Å². The van der Waals surface area contributed by atoms with Crippen LogP contribution in [-0.4, -0.2) is 13.1 Å². The van der Waals surface area contributed by atoms with Crippen molar-refractivity contribution < 1.29 is 0 Å². The summed E-state index contributed by atoms with van der Waals surface area (Å²) in [4.78, 5) is 0. The van der Waals surface area contributed by atoms with E-state index in [2.05, 4.69) is 43.4 Å². The van der Waals surface area contributed by atoms with E-state index < -0.39 is 0 Å². The van der Waals surface area contributed by atoms with Crippen molar-refractivity contribution in [1.29, 1.82) is 0 Å². The molecule has 0 bridgehead atoms. The SMILES string of the molecule is CC(C)CCCCCCNCc1ccccc1CCN. The van der Waals surface area contributed by atoms with Crippen molar-refractivity contribution in [2.75, 3.05) is 13.1 Å². The van der Waals surface area contributed by atoms with E-state index in [1.165, 1.54) is 43.2 Å². The van der Waals surface area contributed by atoms with Gasteiger partial charge in [-0.25, -0.2) is 0 Å². The highest BCUT2D eigenvalue weighted by Crippen LogP contribution is 2.10. The van der Waals surface area contributed by atoms with E-state index in [-0.39, 0.29) is 0 Å². The fourth-order valence-electron chi connectivity index (χ4n) is 2.51. The van der Waals surface area contributed by atoms with E-state index in [1.807, 2.05) is 0 Å². The van der Waals surface area contributed by atoms with Gasteiger partial charge in [-0.1, -0.05) is 63.8 Å². The molecular weight excluding hydrogens is 244 g/mol. The number of hydrogen-bond acceptors (Lipinski definition) is 2. The lowest BCUT2D eigenvalue weighted by Gasteiger charge is -2.10. The van der Waals surface area contributed by atoms with Crippen molar-refractivity contribution in [3.8, 4) is 0 Å². The summed E-state index contributed by atoms with van der Waals surface area (Å²) >= 11 is 0. The lowest BCUT2D eigenvalue weighted by molar-refractivity contribution is 0.512. The zero-order valence-electron chi connectivity index (χ0n) is 13.3. The predicted octanol–water partition coefficient (Wildman–Crippen LogP) is 3.88. The van der Waals surface area contributed by atoms with Gasteiger partial charge < -0.3 is 11.1 Å². The molecule has 1 aromatic rings. The fourth-order valence-corrected chi connectivity index (χ4v) is 2.51. The molecule has 0 amide bonds. The fraction of sp³-hybridized carbons (Fsp3) is 0.667. The van der Waals surface area contributed by atoms with Crippen LogP contribution in [-0.2, 0) is 13.0 Å². The first-order valence-electron chi connectivity index (χ1n) is 8.21. The first-order valence-corrected chi connectivity index (χ1v) is 8.21. The van der Waals surface area contributed by atoms with Crippen molar-refractivity contribution in [1.82, 2.24) is 5.32 Å². The minimum atomic E-state index is 0.729. The maximum Gasteiger partial charge on any atom is 0.0208 e. The van der Waals surface area contributed by atoms with E-state index in [4.69, 9.17) is 5.73 Å². The predicted molar refractivity (Wildman–Crippen MR) is 88.8 cm³/mol. The summed E-state index contributed by atoms with van der Waals surface area (Å²) in [6, 6.07) is 8.61. The summed E-state index contributed by atoms with van der Waals surface area (Å²) in [6.45, 7) is 7.44. The van der Waals surface area contributed by atoms with Crippen LogP contribution in [0.25, 0.3) is 0 Å². The average Bonchev–Trinajstić information content (AvgIpc) is 2.43. The van der Waals surface area contributed by atoms with Crippen molar-refractivity contribution in [2.45, 2.75) is 58.9 Å². The van der Waals surface area contributed by atoms with Gasteiger partial charge in [0.05, 0.1) is 0 Å². The molecule has 0 saturated heterocycles. The van der Waals surface area contributed by atoms with Crippen LogP contribution in [0.4, 0.5) is 0 Å². The zero-order chi connectivity index (χ0) is 14.6. The van der Waals surface area contributed by atoms with Crippen LogP contribution in [0.3, 0.4) is 0 Å². The summed E-state index contributed by atoms with van der Waals surface area (Å²) in [5.41, 5.74) is 8.44. The summed E-state index contributed by atoms with van der Waals surface area (Å²) in [5, 5.41) is 3.56. The Hall–Kier alpha value is -0.860. The van der Waals surface area contributed by atoms with Crippen LogP contribution in [0.2, 0.25) is 0 Å². The molecule has 0 radical (unpaired) electrons. The largest absolute Gasteiger partial charge is 0.330 e. The molecule has 0 aromatic heterocycles. The second-order valence-corrected chi connectivity index (χ2v) is 6.08. The molecule has 0 heterocycles. The van der Waals surface area contributed by atoms with Gasteiger partial charge in [-0.05, 0) is 43.0 Å². The monoisotopic (exact) mass is 276 g/mol. The van der Waals surface area contributed by atoms with E-state index in [0.29, 0.717) is 0 Å². The van der Waals surface area contributed by atoms with Crippen molar-refractivity contribution in [3.63, 3.8) is 0 Å². The van der Waals surface area contributed by atoms with Gasteiger partial charge in [0.2, 0.25) is 0 Å². The van der Waals surface area contributed by atoms with Crippen LogP contribution in [0.15, 0.2) is 24.3 Å². The van der Waals surface area contributed by atoms with Gasteiger partial charge in [-0.15, -0.1) is 0 Å². The minimum Gasteiger partial charge on any atom is -0.330 e. The molecule has 0 atom stereocenters. The maximum absolute atomic E-state index is 5.65. The second-order valence-electron chi connectivity index (χ2n) is 6.08. The van der Waals surface area contributed by atoms with E-state index in [9.17, 15) is 0 Å². The van der Waals surface area contributed by atoms with Crippen molar-refractivity contribution in [3.05, 3.63) is 35.4 Å². The number of hydrogen-bond donors (Lipinski definition) is 2. The van der Waals surface area contributed by atoms with Crippen LogP contribution in [0.1, 0.15) is 57.1 Å².